The number of anilines is 3. The molecule has 0 aliphatic heterocycles. The largest absolute Gasteiger partial charge is 0.397 e. The van der Waals surface area contributed by atoms with Crippen LogP contribution < -0.4 is 11.1 Å². The van der Waals surface area contributed by atoms with Gasteiger partial charge >= 0.3 is 0 Å². The monoisotopic (exact) mass is 290 g/mol. The molecule has 3 heteroatoms. The standard InChI is InChI=1S/C14H15BrN2/c1-9-6-7-14(12(16)8-9)17-13-5-3-4-11(15)10(13)2/h3-8,17H,16H2,1-2H3. The molecule has 0 saturated carbocycles. The van der Waals surface area contributed by atoms with Crippen molar-refractivity contribution in [2.45, 2.75) is 13.8 Å². The predicted molar refractivity (Wildman–Crippen MR) is 77.8 cm³/mol. The van der Waals surface area contributed by atoms with Crippen molar-refractivity contribution in [1.29, 1.82) is 0 Å². The van der Waals surface area contributed by atoms with Gasteiger partial charge in [0.05, 0.1) is 11.4 Å². The summed E-state index contributed by atoms with van der Waals surface area (Å²) in [7, 11) is 0. The molecule has 0 heterocycles. The topological polar surface area (TPSA) is 38.0 Å². The van der Waals surface area contributed by atoms with Crippen LogP contribution in [0.1, 0.15) is 11.1 Å². The van der Waals surface area contributed by atoms with Crippen LogP contribution in [-0.2, 0) is 0 Å². The fourth-order valence-electron chi connectivity index (χ4n) is 1.68. The minimum Gasteiger partial charge on any atom is -0.397 e. The number of nitrogen functional groups attached to an aromatic ring is 1. The van der Waals surface area contributed by atoms with Crippen molar-refractivity contribution < 1.29 is 0 Å². The van der Waals surface area contributed by atoms with E-state index in [9.17, 15) is 0 Å². The maximum absolute atomic E-state index is 5.98. The Morgan fingerprint density at radius 2 is 1.82 bits per heavy atom. The summed E-state index contributed by atoms with van der Waals surface area (Å²) in [5.74, 6) is 0. The van der Waals surface area contributed by atoms with Crippen LogP contribution in [0, 0.1) is 13.8 Å². The first-order chi connectivity index (χ1) is 8.08. The highest BCUT2D eigenvalue weighted by Crippen LogP contribution is 2.29. The second kappa shape index (κ2) is 4.80. The Morgan fingerprint density at radius 1 is 1.06 bits per heavy atom. The van der Waals surface area contributed by atoms with Gasteiger partial charge in [0.1, 0.15) is 0 Å². The van der Waals surface area contributed by atoms with Crippen LogP contribution >= 0.6 is 15.9 Å². The minimum atomic E-state index is 0.768. The van der Waals surface area contributed by atoms with E-state index in [4.69, 9.17) is 5.73 Å². The van der Waals surface area contributed by atoms with Gasteiger partial charge in [0, 0.05) is 10.2 Å². The summed E-state index contributed by atoms with van der Waals surface area (Å²) in [4.78, 5) is 0. The van der Waals surface area contributed by atoms with Crippen LogP contribution in [0.3, 0.4) is 0 Å². The van der Waals surface area contributed by atoms with Gasteiger partial charge in [-0.05, 0) is 49.2 Å². The molecule has 3 N–H and O–H groups in total. The molecule has 2 rings (SSSR count). The summed E-state index contributed by atoms with van der Waals surface area (Å²) in [6.07, 6.45) is 0. The maximum atomic E-state index is 5.98. The van der Waals surface area contributed by atoms with Crippen LogP contribution in [0.25, 0.3) is 0 Å². The second-order valence-electron chi connectivity index (χ2n) is 4.13. The van der Waals surface area contributed by atoms with Gasteiger partial charge in [0.15, 0.2) is 0 Å². The zero-order valence-corrected chi connectivity index (χ0v) is 11.5. The zero-order chi connectivity index (χ0) is 12.4. The summed E-state index contributed by atoms with van der Waals surface area (Å²) in [6, 6.07) is 12.1. The van der Waals surface area contributed by atoms with Crippen molar-refractivity contribution in [1.82, 2.24) is 0 Å². The third-order valence-electron chi connectivity index (χ3n) is 2.74. The molecular weight excluding hydrogens is 276 g/mol. The molecule has 2 nitrogen and oxygen atoms in total. The first kappa shape index (κ1) is 12.0. The lowest BCUT2D eigenvalue weighted by molar-refractivity contribution is 1.39. The minimum absolute atomic E-state index is 0.768. The smallest absolute Gasteiger partial charge is 0.0618 e. The fourth-order valence-corrected chi connectivity index (χ4v) is 2.05. The third kappa shape index (κ3) is 2.61. The number of hydrogen-bond acceptors (Lipinski definition) is 2. The molecule has 0 unspecified atom stereocenters. The number of hydrogen-bond donors (Lipinski definition) is 2. The van der Waals surface area contributed by atoms with Crippen LogP contribution in [0.2, 0.25) is 0 Å². The van der Waals surface area contributed by atoms with Crippen molar-refractivity contribution >= 4 is 33.0 Å². The van der Waals surface area contributed by atoms with Crippen LogP contribution in [0.4, 0.5) is 17.1 Å². The summed E-state index contributed by atoms with van der Waals surface area (Å²) in [6.45, 7) is 4.10. The highest BCUT2D eigenvalue weighted by Gasteiger charge is 2.04. The van der Waals surface area contributed by atoms with E-state index in [1.807, 2.05) is 43.3 Å². The number of aryl methyl sites for hydroxylation is 1. The van der Waals surface area contributed by atoms with Crippen molar-refractivity contribution in [2.75, 3.05) is 11.1 Å². The molecule has 0 bridgehead atoms. The predicted octanol–water partition coefficient (Wildman–Crippen LogP) is 4.39. The summed E-state index contributed by atoms with van der Waals surface area (Å²) < 4.78 is 1.09. The lowest BCUT2D eigenvalue weighted by Crippen LogP contribution is -1.98. The van der Waals surface area contributed by atoms with E-state index in [2.05, 4.69) is 28.2 Å². The van der Waals surface area contributed by atoms with Crippen LogP contribution in [0.5, 0.6) is 0 Å². The molecule has 0 saturated heterocycles. The van der Waals surface area contributed by atoms with Crippen molar-refractivity contribution in [2.24, 2.45) is 0 Å². The van der Waals surface area contributed by atoms with Gasteiger partial charge in [0.2, 0.25) is 0 Å². The molecule has 17 heavy (non-hydrogen) atoms. The van der Waals surface area contributed by atoms with E-state index in [1.165, 1.54) is 11.1 Å². The van der Waals surface area contributed by atoms with E-state index >= 15 is 0 Å². The van der Waals surface area contributed by atoms with Gasteiger partial charge in [0.25, 0.3) is 0 Å². The zero-order valence-electron chi connectivity index (χ0n) is 9.92. The number of nitrogens with one attached hydrogen (secondary N) is 1. The van der Waals surface area contributed by atoms with Gasteiger partial charge in [-0.25, -0.2) is 0 Å². The Morgan fingerprint density at radius 3 is 2.53 bits per heavy atom. The first-order valence-electron chi connectivity index (χ1n) is 5.46. The molecule has 0 atom stereocenters. The SMILES string of the molecule is Cc1ccc(Nc2cccc(Br)c2C)c(N)c1. The van der Waals surface area contributed by atoms with E-state index in [0.717, 1.165) is 21.5 Å². The van der Waals surface area contributed by atoms with Gasteiger partial charge < -0.3 is 11.1 Å². The molecule has 0 spiro atoms. The summed E-state index contributed by atoms with van der Waals surface area (Å²) in [5.41, 5.74) is 11.1. The quantitative estimate of drug-likeness (QED) is 0.805. The second-order valence-corrected chi connectivity index (χ2v) is 4.98. The summed E-state index contributed by atoms with van der Waals surface area (Å²) in [5, 5.41) is 3.35. The molecule has 2 aromatic carbocycles. The number of halogens is 1. The van der Waals surface area contributed by atoms with E-state index in [1.54, 1.807) is 0 Å². The molecule has 0 aliphatic carbocycles. The average Bonchev–Trinajstić information content (AvgIpc) is 2.28. The molecular formula is C14H15BrN2. The number of rotatable bonds is 2. The van der Waals surface area contributed by atoms with Crippen molar-refractivity contribution in [3.05, 3.63) is 52.0 Å². The Bertz CT molecular complexity index is 550. The van der Waals surface area contributed by atoms with Gasteiger partial charge in [-0.15, -0.1) is 0 Å². The van der Waals surface area contributed by atoms with Crippen molar-refractivity contribution in [3.8, 4) is 0 Å². The molecule has 0 fully saturated rings. The Balaban J connectivity index is 2.35. The van der Waals surface area contributed by atoms with Gasteiger partial charge in [-0.3, -0.25) is 0 Å². The number of benzene rings is 2. The molecule has 0 aromatic heterocycles. The Labute approximate surface area is 110 Å². The maximum Gasteiger partial charge on any atom is 0.0618 e. The Hall–Kier alpha value is -1.48. The highest BCUT2D eigenvalue weighted by molar-refractivity contribution is 9.10. The van der Waals surface area contributed by atoms with Crippen molar-refractivity contribution in [3.63, 3.8) is 0 Å². The van der Waals surface area contributed by atoms with Gasteiger partial charge in [-0.2, -0.15) is 0 Å². The lowest BCUT2D eigenvalue weighted by Gasteiger charge is -2.13. The highest BCUT2D eigenvalue weighted by atomic mass is 79.9. The lowest BCUT2D eigenvalue weighted by atomic mass is 10.1. The van der Waals surface area contributed by atoms with Crippen LogP contribution in [0.15, 0.2) is 40.9 Å². The average molecular weight is 291 g/mol. The fraction of sp³-hybridized carbons (Fsp3) is 0.143. The molecule has 0 amide bonds. The van der Waals surface area contributed by atoms with E-state index < -0.39 is 0 Å². The molecule has 0 aliphatic rings. The van der Waals surface area contributed by atoms with Crippen LogP contribution in [-0.4, -0.2) is 0 Å². The molecule has 88 valence electrons. The molecule has 2 aromatic rings. The third-order valence-corrected chi connectivity index (χ3v) is 3.60. The van der Waals surface area contributed by atoms with Gasteiger partial charge in [-0.1, -0.05) is 28.1 Å². The number of nitrogens with two attached hydrogens (primary N) is 1. The summed E-state index contributed by atoms with van der Waals surface area (Å²) >= 11 is 3.52. The molecule has 0 radical (unpaired) electrons. The van der Waals surface area contributed by atoms with E-state index in [0.29, 0.717) is 0 Å². The normalized spacial score (nSPS) is 10.3. The first-order valence-corrected chi connectivity index (χ1v) is 6.25. The Kier molecular flexibility index (Phi) is 3.38. The van der Waals surface area contributed by atoms with E-state index in [-0.39, 0.29) is 0 Å².